The topological polar surface area (TPSA) is 12.0 Å². The van der Waals surface area contributed by atoms with E-state index in [1.807, 2.05) is 11.3 Å². The fraction of sp³-hybridized carbons (Fsp3) is 0.733. The first kappa shape index (κ1) is 13.1. The van der Waals surface area contributed by atoms with Crippen LogP contribution in [0.4, 0.5) is 0 Å². The summed E-state index contributed by atoms with van der Waals surface area (Å²) in [7, 11) is 0. The van der Waals surface area contributed by atoms with Crippen LogP contribution < -0.4 is 5.32 Å². The third-order valence-corrected chi connectivity index (χ3v) is 4.98. The molecule has 1 N–H and O–H groups in total. The van der Waals surface area contributed by atoms with Crippen molar-refractivity contribution >= 4 is 11.3 Å². The Morgan fingerprint density at radius 2 is 2.06 bits per heavy atom. The third kappa shape index (κ3) is 3.32. The van der Waals surface area contributed by atoms with E-state index in [1.54, 1.807) is 0 Å². The lowest BCUT2D eigenvalue weighted by Gasteiger charge is -2.34. The van der Waals surface area contributed by atoms with E-state index in [2.05, 4.69) is 43.6 Å². The first-order valence-electron chi connectivity index (χ1n) is 6.98. The van der Waals surface area contributed by atoms with Crippen molar-refractivity contribution in [2.24, 2.45) is 11.8 Å². The molecule has 2 heteroatoms. The average Bonchev–Trinajstić information content (AvgIpc) is 2.81. The summed E-state index contributed by atoms with van der Waals surface area (Å²) in [5, 5.41) is 6.11. The van der Waals surface area contributed by atoms with Crippen LogP contribution in [-0.2, 0) is 0 Å². The molecule has 0 aliphatic heterocycles. The largest absolute Gasteiger partial charge is 0.306 e. The van der Waals surface area contributed by atoms with Crippen LogP contribution in [0.1, 0.15) is 57.4 Å². The number of thiophene rings is 1. The molecule has 0 saturated heterocycles. The van der Waals surface area contributed by atoms with Crippen LogP contribution >= 0.6 is 11.3 Å². The molecular weight excluding hydrogens is 226 g/mol. The van der Waals surface area contributed by atoms with Crippen LogP contribution in [-0.4, -0.2) is 6.04 Å². The fourth-order valence-corrected chi connectivity index (χ4v) is 3.82. The zero-order chi connectivity index (χ0) is 12.3. The zero-order valence-electron chi connectivity index (χ0n) is 11.3. The molecule has 3 unspecified atom stereocenters. The lowest BCUT2D eigenvalue weighted by Crippen LogP contribution is -2.41. The van der Waals surface area contributed by atoms with Gasteiger partial charge in [-0.05, 0) is 36.1 Å². The summed E-state index contributed by atoms with van der Waals surface area (Å²) in [6, 6.07) is 5.70. The van der Waals surface area contributed by atoms with Gasteiger partial charge in [0.25, 0.3) is 0 Å². The van der Waals surface area contributed by atoms with Crippen molar-refractivity contribution in [2.45, 2.75) is 58.5 Å². The minimum atomic E-state index is 0.542. The van der Waals surface area contributed by atoms with Gasteiger partial charge in [0.05, 0.1) is 0 Å². The van der Waals surface area contributed by atoms with Crippen molar-refractivity contribution in [3.8, 4) is 0 Å². The molecule has 1 fully saturated rings. The molecule has 0 amide bonds. The maximum Gasteiger partial charge on any atom is 0.0440 e. The molecule has 0 spiro atoms. The molecule has 3 atom stereocenters. The average molecular weight is 251 g/mol. The summed E-state index contributed by atoms with van der Waals surface area (Å²) in [5.74, 6) is 1.51. The summed E-state index contributed by atoms with van der Waals surface area (Å²) in [6.45, 7) is 7.05. The van der Waals surface area contributed by atoms with Crippen LogP contribution in [0.25, 0.3) is 0 Å². The van der Waals surface area contributed by atoms with Gasteiger partial charge in [-0.1, -0.05) is 39.7 Å². The molecule has 1 nitrogen and oxygen atoms in total. The van der Waals surface area contributed by atoms with Crippen LogP contribution in [0.3, 0.4) is 0 Å². The van der Waals surface area contributed by atoms with Gasteiger partial charge >= 0.3 is 0 Å². The molecule has 0 bridgehead atoms. The van der Waals surface area contributed by atoms with Gasteiger partial charge in [-0.15, -0.1) is 11.3 Å². The SMILES string of the molecule is CC(C)C(NC1CCCCC1C)c1cccs1. The number of rotatable bonds is 4. The van der Waals surface area contributed by atoms with Gasteiger partial charge in [-0.3, -0.25) is 0 Å². The summed E-state index contributed by atoms with van der Waals surface area (Å²) >= 11 is 1.89. The van der Waals surface area contributed by atoms with E-state index < -0.39 is 0 Å². The van der Waals surface area contributed by atoms with E-state index in [0.717, 1.165) is 12.0 Å². The van der Waals surface area contributed by atoms with Crippen molar-refractivity contribution in [3.05, 3.63) is 22.4 Å². The van der Waals surface area contributed by atoms with Crippen molar-refractivity contribution in [2.75, 3.05) is 0 Å². The Balaban J connectivity index is 2.02. The van der Waals surface area contributed by atoms with Gasteiger partial charge < -0.3 is 5.32 Å². The number of hydrogen-bond acceptors (Lipinski definition) is 2. The summed E-state index contributed by atoms with van der Waals surface area (Å²) in [4.78, 5) is 1.50. The first-order valence-corrected chi connectivity index (χ1v) is 7.86. The molecule has 1 aliphatic carbocycles. The quantitative estimate of drug-likeness (QED) is 0.823. The monoisotopic (exact) mass is 251 g/mol. The van der Waals surface area contributed by atoms with Crippen LogP contribution in [0, 0.1) is 11.8 Å². The van der Waals surface area contributed by atoms with Gasteiger partial charge in [0.1, 0.15) is 0 Å². The standard InChI is InChI=1S/C15H25NS/c1-11(2)15(14-9-6-10-17-14)16-13-8-5-4-7-12(13)3/h6,9-13,15-16H,4-5,7-8H2,1-3H3. The maximum atomic E-state index is 3.92. The summed E-state index contributed by atoms with van der Waals surface area (Å²) in [5.41, 5.74) is 0. The third-order valence-electron chi connectivity index (χ3n) is 4.02. The molecular formula is C15H25NS. The highest BCUT2D eigenvalue weighted by Gasteiger charge is 2.26. The molecule has 1 aliphatic rings. The molecule has 1 aromatic heterocycles. The second kappa shape index (κ2) is 6.01. The predicted molar refractivity (Wildman–Crippen MR) is 76.5 cm³/mol. The normalized spacial score (nSPS) is 27.3. The van der Waals surface area contributed by atoms with Gasteiger partial charge in [-0.2, -0.15) is 0 Å². The van der Waals surface area contributed by atoms with E-state index in [-0.39, 0.29) is 0 Å². The highest BCUT2D eigenvalue weighted by molar-refractivity contribution is 7.10. The van der Waals surface area contributed by atoms with Crippen LogP contribution in [0.5, 0.6) is 0 Å². The van der Waals surface area contributed by atoms with Crippen molar-refractivity contribution in [1.29, 1.82) is 0 Å². The highest BCUT2D eigenvalue weighted by atomic mass is 32.1. The maximum absolute atomic E-state index is 3.92. The fourth-order valence-electron chi connectivity index (χ4n) is 2.87. The van der Waals surface area contributed by atoms with Crippen molar-refractivity contribution in [1.82, 2.24) is 5.32 Å². The second-order valence-corrected chi connectivity index (χ2v) is 6.75. The molecule has 1 saturated carbocycles. The molecule has 1 heterocycles. The van der Waals surface area contributed by atoms with E-state index in [4.69, 9.17) is 0 Å². The Hall–Kier alpha value is -0.340. The smallest absolute Gasteiger partial charge is 0.0440 e. The summed E-state index contributed by atoms with van der Waals surface area (Å²) < 4.78 is 0. The van der Waals surface area contributed by atoms with E-state index in [9.17, 15) is 0 Å². The van der Waals surface area contributed by atoms with Crippen LogP contribution in [0.2, 0.25) is 0 Å². The number of nitrogens with one attached hydrogen (secondary N) is 1. The second-order valence-electron chi connectivity index (χ2n) is 5.77. The van der Waals surface area contributed by atoms with Gasteiger partial charge in [0.2, 0.25) is 0 Å². The first-order chi connectivity index (χ1) is 8.18. The van der Waals surface area contributed by atoms with E-state index in [0.29, 0.717) is 12.0 Å². The lowest BCUT2D eigenvalue weighted by atomic mass is 9.85. The Morgan fingerprint density at radius 3 is 2.65 bits per heavy atom. The van der Waals surface area contributed by atoms with Gasteiger partial charge in [0, 0.05) is 17.0 Å². The number of hydrogen-bond donors (Lipinski definition) is 1. The van der Waals surface area contributed by atoms with Gasteiger partial charge in [0.15, 0.2) is 0 Å². The molecule has 17 heavy (non-hydrogen) atoms. The van der Waals surface area contributed by atoms with Crippen molar-refractivity contribution in [3.63, 3.8) is 0 Å². The van der Waals surface area contributed by atoms with Crippen LogP contribution in [0.15, 0.2) is 17.5 Å². The van der Waals surface area contributed by atoms with E-state index >= 15 is 0 Å². The lowest BCUT2D eigenvalue weighted by molar-refractivity contribution is 0.239. The Bertz CT molecular complexity index is 318. The zero-order valence-corrected chi connectivity index (χ0v) is 12.1. The Morgan fingerprint density at radius 1 is 1.29 bits per heavy atom. The summed E-state index contributed by atoms with van der Waals surface area (Å²) in [6.07, 6.45) is 5.57. The van der Waals surface area contributed by atoms with Gasteiger partial charge in [-0.25, -0.2) is 0 Å². The molecule has 0 radical (unpaired) electrons. The molecule has 96 valence electrons. The minimum Gasteiger partial charge on any atom is -0.306 e. The van der Waals surface area contributed by atoms with Crippen molar-refractivity contribution < 1.29 is 0 Å². The highest BCUT2D eigenvalue weighted by Crippen LogP contribution is 2.31. The Kier molecular flexibility index (Phi) is 4.63. The minimum absolute atomic E-state index is 0.542. The molecule has 0 aromatic carbocycles. The predicted octanol–water partition coefficient (Wildman–Crippen LogP) is 4.61. The Labute approximate surface area is 110 Å². The van der Waals surface area contributed by atoms with E-state index in [1.165, 1.54) is 30.6 Å². The molecule has 1 aromatic rings. The molecule has 2 rings (SSSR count).